The third-order valence-corrected chi connectivity index (χ3v) is 7.79. The van der Waals surface area contributed by atoms with Crippen molar-refractivity contribution in [1.29, 1.82) is 0 Å². The highest BCUT2D eigenvalue weighted by molar-refractivity contribution is 5.86. The smallest absolute Gasteiger partial charge is 0.145 e. The molecule has 0 fully saturated rings. The van der Waals surface area contributed by atoms with Crippen molar-refractivity contribution in [2.24, 2.45) is 0 Å². The van der Waals surface area contributed by atoms with Crippen LogP contribution in [0, 0.1) is 13.8 Å². The zero-order chi connectivity index (χ0) is 29.9. The molecule has 8 rings (SSSR count). The number of benzene rings is 6. The molecule has 0 bridgehead atoms. The van der Waals surface area contributed by atoms with Gasteiger partial charge in [0.15, 0.2) is 0 Å². The van der Waals surface area contributed by atoms with Crippen molar-refractivity contribution >= 4 is 22.1 Å². The van der Waals surface area contributed by atoms with E-state index in [0.29, 0.717) is 0 Å². The Bertz CT molecular complexity index is 2160. The summed E-state index contributed by atoms with van der Waals surface area (Å²) in [5.41, 5.74) is 11.3. The van der Waals surface area contributed by atoms with Crippen LogP contribution in [0.5, 0.6) is 0 Å². The first-order valence-corrected chi connectivity index (χ1v) is 14.9. The maximum absolute atomic E-state index is 4.92. The largest absolute Gasteiger partial charge is 0.292 e. The molecule has 8 aromatic rings. The average molecular weight is 569 g/mol. The Hall–Kier alpha value is -5.74. The maximum atomic E-state index is 4.92. The van der Waals surface area contributed by atoms with Gasteiger partial charge in [0.2, 0.25) is 0 Å². The first kappa shape index (κ1) is 27.1. The van der Waals surface area contributed by atoms with Gasteiger partial charge in [-0.2, -0.15) is 0 Å². The van der Waals surface area contributed by atoms with Crippen LogP contribution < -0.4 is 0 Å². The van der Waals surface area contributed by atoms with E-state index in [1.807, 2.05) is 24.3 Å². The molecular weight excluding hydrogens is 536 g/mol. The molecule has 4 nitrogen and oxygen atoms in total. The molecular formula is C40H32N4. The Kier molecular flexibility index (Phi) is 7.31. The first-order chi connectivity index (χ1) is 21.7. The lowest BCUT2D eigenvalue weighted by atomic mass is 10.2. The predicted molar refractivity (Wildman–Crippen MR) is 182 cm³/mol. The van der Waals surface area contributed by atoms with E-state index in [1.165, 1.54) is 11.1 Å². The van der Waals surface area contributed by atoms with Crippen molar-refractivity contribution in [3.8, 4) is 34.2 Å². The van der Waals surface area contributed by atoms with Crippen molar-refractivity contribution in [3.63, 3.8) is 0 Å². The molecule has 0 aliphatic rings. The lowest BCUT2D eigenvalue weighted by Crippen LogP contribution is -1.97. The third kappa shape index (κ3) is 5.18. The van der Waals surface area contributed by atoms with Gasteiger partial charge in [-0.05, 0) is 67.4 Å². The van der Waals surface area contributed by atoms with E-state index >= 15 is 0 Å². The Morgan fingerprint density at radius 2 is 0.932 bits per heavy atom. The number of aryl methyl sites for hydroxylation is 2. The summed E-state index contributed by atoms with van der Waals surface area (Å²) in [5.74, 6) is 1.96. The molecule has 2 heterocycles. The summed E-state index contributed by atoms with van der Waals surface area (Å²) in [7, 11) is 0. The monoisotopic (exact) mass is 568 g/mol. The van der Waals surface area contributed by atoms with Gasteiger partial charge >= 0.3 is 0 Å². The SMILES string of the molecule is Cc1ccc2c(c1)nc(-c1ccccc1)n2-c1ccccc1.Cc1cccc2c1nc(-c1ccccc1)n2-c1ccccc1. The topological polar surface area (TPSA) is 35.6 Å². The number of imidazole rings is 2. The van der Waals surface area contributed by atoms with Crippen molar-refractivity contribution < 1.29 is 0 Å². The van der Waals surface area contributed by atoms with Crippen LogP contribution in [-0.2, 0) is 0 Å². The van der Waals surface area contributed by atoms with Crippen LogP contribution in [0.4, 0.5) is 0 Å². The number of hydrogen-bond acceptors (Lipinski definition) is 2. The molecule has 0 aliphatic carbocycles. The summed E-state index contributed by atoms with van der Waals surface area (Å²) in [5, 5.41) is 0. The van der Waals surface area contributed by atoms with Gasteiger partial charge < -0.3 is 0 Å². The number of hydrogen-bond donors (Lipinski definition) is 0. The molecule has 4 heteroatoms. The van der Waals surface area contributed by atoms with Crippen LogP contribution in [-0.4, -0.2) is 19.1 Å². The van der Waals surface area contributed by atoms with Crippen LogP contribution in [0.15, 0.2) is 158 Å². The molecule has 0 saturated carbocycles. The fourth-order valence-electron chi connectivity index (χ4n) is 5.67. The molecule has 0 saturated heterocycles. The molecule has 0 N–H and O–H groups in total. The van der Waals surface area contributed by atoms with E-state index in [0.717, 1.165) is 56.2 Å². The van der Waals surface area contributed by atoms with Crippen LogP contribution in [0.3, 0.4) is 0 Å². The summed E-state index contributed by atoms with van der Waals surface area (Å²) < 4.78 is 4.46. The van der Waals surface area contributed by atoms with Gasteiger partial charge in [-0.1, -0.05) is 115 Å². The molecule has 2 aromatic heterocycles. The quantitative estimate of drug-likeness (QED) is 0.212. The Balaban J connectivity index is 0.000000142. The fraction of sp³-hybridized carbons (Fsp3) is 0.0500. The number of fused-ring (bicyclic) bond motifs is 2. The number of aromatic nitrogens is 4. The van der Waals surface area contributed by atoms with E-state index in [4.69, 9.17) is 9.97 Å². The van der Waals surface area contributed by atoms with Gasteiger partial charge in [0.1, 0.15) is 11.6 Å². The van der Waals surface area contributed by atoms with Gasteiger partial charge in [0.25, 0.3) is 0 Å². The van der Waals surface area contributed by atoms with E-state index in [9.17, 15) is 0 Å². The lowest BCUT2D eigenvalue weighted by molar-refractivity contribution is 1.10. The van der Waals surface area contributed by atoms with Crippen LogP contribution in [0.25, 0.3) is 56.2 Å². The van der Waals surface area contributed by atoms with Crippen molar-refractivity contribution in [1.82, 2.24) is 19.1 Å². The number of para-hydroxylation sites is 3. The Morgan fingerprint density at radius 3 is 1.50 bits per heavy atom. The van der Waals surface area contributed by atoms with Crippen LogP contribution >= 0.6 is 0 Å². The van der Waals surface area contributed by atoms with Gasteiger partial charge in [0, 0.05) is 22.5 Å². The second-order valence-corrected chi connectivity index (χ2v) is 10.9. The molecule has 6 aromatic carbocycles. The molecule has 212 valence electrons. The van der Waals surface area contributed by atoms with Crippen LogP contribution in [0.1, 0.15) is 11.1 Å². The maximum Gasteiger partial charge on any atom is 0.145 e. The normalized spacial score (nSPS) is 11.0. The van der Waals surface area contributed by atoms with E-state index in [-0.39, 0.29) is 0 Å². The second kappa shape index (κ2) is 11.9. The minimum absolute atomic E-state index is 0.979. The summed E-state index contributed by atoms with van der Waals surface area (Å²) in [4.78, 5) is 9.80. The van der Waals surface area contributed by atoms with Gasteiger partial charge in [-0.15, -0.1) is 0 Å². The standard InChI is InChI=1S/2C20H16N2/c1-15-9-8-14-18-19(15)21-20(16-10-4-2-5-11-16)22(18)17-12-6-3-7-13-17;1-15-12-13-19-18(14-15)21-20(16-8-4-2-5-9-16)22(19)17-10-6-3-7-11-17/h2*2-14H,1H3. The van der Waals surface area contributed by atoms with Crippen molar-refractivity contribution in [2.45, 2.75) is 13.8 Å². The number of nitrogens with zero attached hydrogens (tertiary/aromatic N) is 4. The van der Waals surface area contributed by atoms with Gasteiger partial charge in [0.05, 0.1) is 22.1 Å². The summed E-state index contributed by atoms with van der Waals surface area (Å²) in [6.07, 6.45) is 0. The Morgan fingerprint density at radius 1 is 0.432 bits per heavy atom. The van der Waals surface area contributed by atoms with Gasteiger partial charge in [-0.3, -0.25) is 9.13 Å². The number of rotatable bonds is 4. The zero-order valence-corrected chi connectivity index (χ0v) is 24.8. The Labute approximate surface area is 257 Å². The van der Waals surface area contributed by atoms with Gasteiger partial charge in [-0.25, -0.2) is 9.97 Å². The third-order valence-electron chi connectivity index (χ3n) is 7.79. The second-order valence-electron chi connectivity index (χ2n) is 10.9. The predicted octanol–water partition coefficient (Wildman–Crippen LogP) is 10.0. The lowest BCUT2D eigenvalue weighted by Gasteiger charge is -2.09. The molecule has 44 heavy (non-hydrogen) atoms. The molecule has 0 unspecified atom stereocenters. The molecule has 0 radical (unpaired) electrons. The average Bonchev–Trinajstić information content (AvgIpc) is 3.66. The molecule has 0 amide bonds. The minimum Gasteiger partial charge on any atom is -0.292 e. The van der Waals surface area contributed by atoms with Crippen LogP contribution in [0.2, 0.25) is 0 Å². The highest BCUT2D eigenvalue weighted by Crippen LogP contribution is 2.31. The van der Waals surface area contributed by atoms with E-state index in [1.54, 1.807) is 0 Å². The fourth-order valence-corrected chi connectivity index (χ4v) is 5.67. The van der Waals surface area contributed by atoms with E-state index < -0.39 is 0 Å². The minimum atomic E-state index is 0.979. The van der Waals surface area contributed by atoms with Crippen molar-refractivity contribution in [3.05, 3.63) is 169 Å². The van der Waals surface area contributed by atoms with Crippen molar-refractivity contribution in [2.75, 3.05) is 0 Å². The molecule has 0 spiro atoms. The zero-order valence-electron chi connectivity index (χ0n) is 24.8. The van der Waals surface area contributed by atoms with E-state index in [2.05, 4.69) is 156 Å². The summed E-state index contributed by atoms with van der Waals surface area (Å²) >= 11 is 0. The molecule has 0 aliphatic heterocycles. The molecule has 0 atom stereocenters. The summed E-state index contributed by atoms with van der Waals surface area (Å²) in [6.45, 7) is 4.21. The highest BCUT2D eigenvalue weighted by Gasteiger charge is 2.15. The summed E-state index contributed by atoms with van der Waals surface area (Å²) in [6, 6.07) is 54.3. The first-order valence-electron chi connectivity index (χ1n) is 14.9. The highest BCUT2D eigenvalue weighted by atomic mass is 15.1.